The summed E-state index contributed by atoms with van der Waals surface area (Å²) in [6.45, 7) is 2.52. The lowest BCUT2D eigenvalue weighted by Crippen LogP contribution is -2.60. The highest BCUT2D eigenvalue weighted by molar-refractivity contribution is 5.82. The van der Waals surface area contributed by atoms with Gasteiger partial charge in [-0.1, -0.05) is 12.8 Å². The Balaban J connectivity index is 1.20. The molecule has 1 atom stereocenters. The molecule has 5 N–H and O–H groups in total. The molecule has 5 rings (SSSR count). The summed E-state index contributed by atoms with van der Waals surface area (Å²) in [4.78, 5) is 6.93. The van der Waals surface area contributed by atoms with Gasteiger partial charge in [-0.3, -0.25) is 5.10 Å². The zero-order chi connectivity index (χ0) is 19.2. The minimum Gasteiger partial charge on any atom is -0.353 e. The van der Waals surface area contributed by atoms with Gasteiger partial charge in [0.25, 0.3) is 0 Å². The molecule has 2 aliphatic carbocycles. The Morgan fingerprint density at radius 2 is 1.93 bits per heavy atom. The molecule has 2 saturated carbocycles. The first kappa shape index (κ1) is 18.2. The molecule has 1 aromatic rings. The van der Waals surface area contributed by atoms with E-state index in [0.29, 0.717) is 17.4 Å². The van der Waals surface area contributed by atoms with E-state index in [2.05, 4.69) is 43.8 Å². The van der Waals surface area contributed by atoms with E-state index < -0.39 is 5.66 Å². The van der Waals surface area contributed by atoms with Crippen LogP contribution in [-0.4, -0.2) is 47.2 Å². The van der Waals surface area contributed by atoms with Gasteiger partial charge in [-0.2, -0.15) is 5.10 Å². The van der Waals surface area contributed by atoms with Crippen LogP contribution in [0.25, 0.3) is 0 Å². The molecule has 0 bridgehead atoms. The highest BCUT2D eigenvalue weighted by Crippen LogP contribution is 2.43. The second-order valence-corrected chi connectivity index (χ2v) is 9.57. The molecule has 7 heteroatoms. The van der Waals surface area contributed by atoms with Crippen LogP contribution in [0.1, 0.15) is 68.7 Å². The van der Waals surface area contributed by atoms with E-state index in [-0.39, 0.29) is 0 Å². The SMILES string of the molecule is CN1CC2(CCC(NC3=NC=CC(N)(c4cc(C5CCCC5)[nH]n4)N3)CC2)C1. The van der Waals surface area contributed by atoms with E-state index in [1.54, 1.807) is 6.20 Å². The first-order valence-corrected chi connectivity index (χ1v) is 10.9. The van der Waals surface area contributed by atoms with Crippen molar-refractivity contribution in [2.75, 3.05) is 20.1 Å². The van der Waals surface area contributed by atoms with Gasteiger partial charge >= 0.3 is 0 Å². The predicted molar refractivity (Wildman–Crippen MR) is 111 cm³/mol. The predicted octanol–water partition coefficient (Wildman–Crippen LogP) is 2.12. The van der Waals surface area contributed by atoms with Gasteiger partial charge < -0.3 is 21.3 Å². The summed E-state index contributed by atoms with van der Waals surface area (Å²) < 4.78 is 0. The molecular formula is C21H33N7. The number of aromatic nitrogens is 2. The molecule has 4 aliphatic rings. The lowest BCUT2D eigenvalue weighted by Gasteiger charge is -2.52. The van der Waals surface area contributed by atoms with Crippen LogP contribution < -0.4 is 16.4 Å². The second-order valence-electron chi connectivity index (χ2n) is 9.57. The third-order valence-corrected chi connectivity index (χ3v) is 7.28. The van der Waals surface area contributed by atoms with Crippen molar-refractivity contribution in [2.24, 2.45) is 16.1 Å². The molecule has 1 aromatic heterocycles. The first-order chi connectivity index (χ1) is 13.5. The average Bonchev–Trinajstić information content (AvgIpc) is 3.34. The van der Waals surface area contributed by atoms with Crippen molar-refractivity contribution in [3.05, 3.63) is 29.7 Å². The van der Waals surface area contributed by atoms with Crippen LogP contribution in [0.4, 0.5) is 0 Å². The molecule has 3 heterocycles. The molecule has 28 heavy (non-hydrogen) atoms. The fourth-order valence-electron chi connectivity index (χ4n) is 5.70. The van der Waals surface area contributed by atoms with Crippen LogP contribution in [-0.2, 0) is 5.66 Å². The van der Waals surface area contributed by atoms with Crippen molar-refractivity contribution in [3.63, 3.8) is 0 Å². The number of aliphatic imine (C=N–C) groups is 1. The van der Waals surface area contributed by atoms with E-state index in [4.69, 9.17) is 5.73 Å². The van der Waals surface area contributed by atoms with Crippen LogP contribution >= 0.6 is 0 Å². The summed E-state index contributed by atoms with van der Waals surface area (Å²) in [5.41, 5.74) is 8.48. The molecule has 1 unspecified atom stereocenters. The van der Waals surface area contributed by atoms with Gasteiger partial charge in [0, 0.05) is 36.9 Å². The maximum Gasteiger partial charge on any atom is 0.198 e. The fourth-order valence-corrected chi connectivity index (χ4v) is 5.70. The number of nitrogens with two attached hydrogens (primary N) is 1. The highest BCUT2D eigenvalue weighted by atomic mass is 15.3. The zero-order valence-electron chi connectivity index (χ0n) is 16.9. The fraction of sp³-hybridized carbons (Fsp3) is 0.714. The quantitative estimate of drug-likeness (QED) is 0.641. The Labute approximate surface area is 167 Å². The molecule has 2 aliphatic heterocycles. The van der Waals surface area contributed by atoms with Crippen molar-refractivity contribution in [3.8, 4) is 0 Å². The van der Waals surface area contributed by atoms with Gasteiger partial charge in [0.05, 0.1) is 0 Å². The second kappa shape index (κ2) is 6.88. The summed E-state index contributed by atoms with van der Waals surface area (Å²) in [5.74, 6) is 1.37. The molecule has 0 aromatic carbocycles. The van der Waals surface area contributed by atoms with Crippen LogP contribution in [0.5, 0.6) is 0 Å². The normalized spacial score (nSPS) is 30.9. The summed E-state index contributed by atoms with van der Waals surface area (Å²) in [7, 11) is 2.22. The lowest BCUT2D eigenvalue weighted by molar-refractivity contribution is -0.0146. The Bertz CT molecular complexity index is 759. The number of aromatic amines is 1. The molecule has 152 valence electrons. The Hall–Kier alpha value is -1.86. The van der Waals surface area contributed by atoms with Crippen LogP contribution in [0.2, 0.25) is 0 Å². The third-order valence-electron chi connectivity index (χ3n) is 7.28. The molecule has 0 amide bonds. The standard InChI is InChI=1S/C21H33N7/c1-28-13-20(14-28)8-6-16(7-9-20)24-19-23-11-10-21(22,25-19)18-12-17(26-27-18)15-4-2-3-5-15/h10-12,15-16H,2-9,13-14,22H2,1H3,(H,26,27)(H2,23,24,25). The minimum absolute atomic E-state index is 0.465. The number of hydrogen-bond acceptors (Lipinski definition) is 6. The number of hydrogen-bond donors (Lipinski definition) is 4. The van der Waals surface area contributed by atoms with Crippen molar-refractivity contribution >= 4 is 5.96 Å². The van der Waals surface area contributed by atoms with Gasteiger partial charge in [-0.15, -0.1) is 0 Å². The maximum absolute atomic E-state index is 6.67. The number of rotatable bonds is 3. The Kier molecular flexibility index (Phi) is 4.47. The smallest absolute Gasteiger partial charge is 0.198 e. The topological polar surface area (TPSA) is 94.4 Å². The van der Waals surface area contributed by atoms with Gasteiger partial charge in [0.1, 0.15) is 5.69 Å². The number of likely N-dealkylation sites (tertiary alicyclic amines) is 1. The summed E-state index contributed by atoms with van der Waals surface area (Å²) >= 11 is 0. The minimum atomic E-state index is -0.815. The molecule has 1 saturated heterocycles. The zero-order valence-corrected chi connectivity index (χ0v) is 16.9. The van der Waals surface area contributed by atoms with Crippen molar-refractivity contribution in [1.29, 1.82) is 0 Å². The van der Waals surface area contributed by atoms with E-state index in [1.807, 2.05) is 6.08 Å². The summed E-state index contributed by atoms with van der Waals surface area (Å²) in [6, 6.07) is 2.60. The Morgan fingerprint density at radius 1 is 1.18 bits per heavy atom. The third kappa shape index (κ3) is 3.35. The van der Waals surface area contributed by atoms with Crippen molar-refractivity contribution in [1.82, 2.24) is 25.7 Å². The van der Waals surface area contributed by atoms with E-state index in [0.717, 1.165) is 11.7 Å². The molecule has 3 fully saturated rings. The number of H-pyrrole nitrogens is 1. The van der Waals surface area contributed by atoms with Gasteiger partial charge in [0.2, 0.25) is 0 Å². The molecule has 0 radical (unpaired) electrons. The number of nitrogens with one attached hydrogen (secondary N) is 3. The first-order valence-electron chi connectivity index (χ1n) is 10.9. The number of guanidine groups is 1. The van der Waals surface area contributed by atoms with Crippen molar-refractivity contribution in [2.45, 2.75) is 69.0 Å². The van der Waals surface area contributed by atoms with Gasteiger partial charge in [-0.05, 0) is 63.1 Å². The van der Waals surface area contributed by atoms with Crippen LogP contribution in [0.15, 0.2) is 23.3 Å². The van der Waals surface area contributed by atoms with E-state index in [9.17, 15) is 0 Å². The van der Waals surface area contributed by atoms with Crippen LogP contribution in [0, 0.1) is 5.41 Å². The molecule has 7 nitrogen and oxygen atoms in total. The largest absolute Gasteiger partial charge is 0.353 e. The lowest BCUT2D eigenvalue weighted by atomic mass is 9.67. The monoisotopic (exact) mass is 383 g/mol. The molecular weight excluding hydrogens is 350 g/mol. The van der Waals surface area contributed by atoms with Gasteiger partial charge in [-0.25, -0.2) is 4.99 Å². The highest BCUT2D eigenvalue weighted by Gasteiger charge is 2.43. The van der Waals surface area contributed by atoms with Crippen LogP contribution in [0.3, 0.4) is 0 Å². The average molecular weight is 384 g/mol. The Morgan fingerprint density at radius 3 is 2.64 bits per heavy atom. The van der Waals surface area contributed by atoms with Gasteiger partial charge in [0.15, 0.2) is 11.6 Å². The van der Waals surface area contributed by atoms with E-state index >= 15 is 0 Å². The maximum atomic E-state index is 6.67. The summed E-state index contributed by atoms with van der Waals surface area (Å²) in [5, 5.41) is 14.7. The molecule has 1 spiro atoms. The summed E-state index contributed by atoms with van der Waals surface area (Å²) in [6.07, 6.45) is 13.8. The van der Waals surface area contributed by atoms with Crippen molar-refractivity contribution < 1.29 is 0 Å². The number of nitrogens with zero attached hydrogens (tertiary/aromatic N) is 3. The van der Waals surface area contributed by atoms with E-state index in [1.165, 1.54) is 70.2 Å².